The lowest BCUT2D eigenvalue weighted by Crippen LogP contribution is -2.35. The van der Waals surface area contributed by atoms with Crippen LogP contribution in [0.5, 0.6) is 0 Å². The molecular weight excluding hydrogens is 334 g/mol. The van der Waals surface area contributed by atoms with E-state index in [4.69, 9.17) is 0 Å². The lowest BCUT2D eigenvalue weighted by atomic mass is 9.82. The van der Waals surface area contributed by atoms with Crippen molar-refractivity contribution >= 4 is 29.3 Å². The zero-order valence-electron chi connectivity index (χ0n) is 14.3. The highest BCUT2D eigenvalue weighted by molar-refractivity contribution is 6.15. The predicted molar refractivity (Wildman–Crippen MR) is 96.3 cm³/mol. The van der Waals surface area contributed by atoms with Crippen LogP contribution in [0.15, 0.2) is 47.6 Å². The number of hydrazone groups is 1. The van der Waals surface area contributed by atoms with Crippen molar-refractivity contribution in [2.75, 3.05) is 5.01 Å². The first-order chi connectivity index (χ1) is 12.5. The Labute approximate surface area is 151 Å². The number of nitrogens with one attached hydrogen (secondary N) is 1. The molecule has 0 saturated heterocycles. The standard InChI is InChI=1S/C19H21N3O4/c23-17(11-15(19(25)26)13-7-3-1-4-8-13)20-16-12-18(24)22(21-16)14-9-5-2-6-10-14/h2-3,5-7,9-10,13,15H,1,4,8,11-12H2,(H,25,26)(H,20,21,23). The number of rotatable bonds is 5. The van der Waals surface area contributed by atoms with Crippen LogP contribution in [0.3, 0.4) is 0 Å². The van der Waals surface area contributed by atoms with Gasteiger partial charge in [-0.15, -0.1) is 0 Å². The van der Waals surface area contributed by atoms with E-state index in [0.29, 0.717) is 5.69 Å². The maximum Gasteiger partial charge on any atom is 0.307 e. The molecule has 0 saturated carbocycles. The second-order valence-corrected chi connectivity index (χ2v) is 6.48. The molecule has 26 heavy (non-hydrogen) atoms. The van der Waals surface area contributed by atoms with Crippen LogP contribution in [0.1, 0.15) is 32.1 Å². The van der Waals surface area contributed by atoms with Crippen molar-refractivity contribution in [1.29, 1.82) is 0 Å². The molecule has 2 atom stereocenters. The highest BCUT2D eigenvalue weighted by Crippen LogP contribution is 2.27. The van der Waals surface area contributed by atoms with E-state index in [1.54, 1.807) is 24.3 Å². The SMILES string of the molecule is O=C(CC(C(=O)O)C1C=CCCC1)NC1=NN(c2ccccc2)C(=O)C1. The van der Waals surface area contributed by atoms with Crippen LogP contribution in [0.2, 0.25) is 0 Å². The Morgan fingerprint density at radius 2 is 2.08 bits per heavy atom. The zero-order chi connectivity index (χ0) is 18.5. The zero-order valence-corrected chi connectivity index (χ0v) is 14.3. The second kappa shape index (κ2) is 7.95. The number of nitrogens with zero attached hydrogens (tertiary/aromatic N) is 2. The number of carboxylic acid groups (broad SMARTS) is 1. The van der Waals surface area contributed by atoms with Crippen LogP contribution in [0, 0.1) is 11.8 Å². The number of carbonyl (C=O) groups excluding carboxylic acids is 2. The number of anilines is 1. The molecule has 3 rings (SSSR count). The summed E-state index contributed by atoms with van der Waals surface area (Å²) >= 11 is 0. The van der Waals surface area contributed by atoms with Crippen molar-refractivity contribution in [2.45, 2.75) is 32.1 Å². The Morgan fingerprint density at radius 1 is 1.31 bits per heavy atom. The number of amides is 2. The third-order valence-electron chi connectivity index (χ3n) is 4.59. The second-order valence-electron chi connectivity index (χ2n) is 6.48. The number of carbonyl (C=O) groups is 3. The van der Waals surface area contributed by atoms with Crippen LogP contribution in [0.4, 0.5) is 5.69 Å². The maximum atomic E-state index is 12.3. The first kappa shape index (κ1) is 17.8. The summed E-state index contributed by atoms with van der Waals surface area (Å²) in [7, 11) is 0. The number of carboxylic acids is 1. The fourth-order valence-corrected chi connectivity index (χ4v) is 3.28. The number of allylic oxidation sites excluding steroid dienone is 2. The molecule has 136 valence electrons. The van der Waals surface area contributed by atoms with E-state index in [-0.39, 0.29) is 30.5 Å². The molecule has 1 aromatic carbocycles. The molecule has 1 aromatic rings. The number of hydrogen-bond acceptors (Lipinski definition) is 4. The van der Waals surface area contributed by atoms with Gasteiger partial charge in [0.15, 0.2) is 0 Å². The number of hydrogen-bond donors (Lipinski definition) is 2. The molecule has 1 aliphatic heterocycles. The van der Waals surface area contributed by atoms with E-state index in [1.165, 1.54) is 5.01 Å². The van der Waals surface area contributed by atoms with Crippen molar-refractivity contribution in [2.24, 2.45) is 16.9 Å². The van der Waals surface area contributed by atoms with Gasteiger partial charge in [-0.1, -0.05) is 30.4 Å². The normalized spacial score (nSPS) is 20.6. The Hall–Kier alpha value is -2.96. The molecule has 1 heterocycles. The molecule has 0 aromatic heterocycles. The van der Waals surface area contributed by atoms with Gasteiger partial charge in [-0.05, 0) is 37.3 Å². The fraction of sp³-hybridized carbons (Fsp3) is 0.368. The molecule has 0 radical (unpaired) electrons. The number of aliphatic carboxylic acids is 1. The third-order valence-corrected chi connectivity index (χ3v) is 4.59. The van der Waals surface area contributed by atoms with Crippen molar-refractivity contribution in [3.05, 3.63) is 42.5 Å². The van der Waals surface area contributed by atoms with E-state index in [1.807, 2.05) is 18.2 Å². The molecule has 2 amide bonds. The summed E-state index contributed by atoms with van der Waals surface area (Å²) in [4.78, 5) is 36.0. The van der Waals surface area contributed by atoms with Crippen LogP contribution < -0.4 is 10.3 Å². The molecule has 1 aliphatic carbocycles. The van der Waals surface area contributed by atoms with Crippen LogP contribution >= 0.6 is 0 Å². The maximum absolute atomic E-state index is 12.3. The number of amidine groups is 1. The lowest BCUT2D eigenvalue weighted by molar-refractivity contribution is -0.145. The molecular formula is C19H21N3O4. The smallest absolute Gasteiger partial charge is 0.307 e. The van der Waals surface area contributed by atoms with Gasteiger partial charge in [-0.3, -0.25) is 14.4 Å². The minimum Gasteiger partial charge on any atom is -0.481 e. The van der Waals surface area contributed by atoms with Gasteiger partial charge in [0.2, 0.25) is 5.91 Å². The monoisotopic (exact) mass is 355 g/mol. The average molecular weight is 355 g/mol. The molecule has 0 spiro atoms. The Morgan fingerprint density at radius 3 is 2.73 bits per heavy atom. The van der Waals surface area contributed by atoms with E-state index < -0.39 is 17.8 Å². The molecule has 2 aliphatic rings. The topological polar surface area (TPSA) is 99.1 Å². The molecule has 0 fully saturated rings. The minimum absolute atomic E-state index is 0.0122. The van der Waals surface area contributed by atoms with E-state index in [2.05, 4.69) is 10.4 Å². The van der Waals surface area contributed by atoms with Gasteiger partial charge in [0.1, 0.15) is 5.84 Å². The Bertz CT molecular complexity index is 757. The molecule has 7 nitrogen and oxygen atoms in total. The minimum atomic E-state index is -0.980. The summed E-state index contributed by atoms with van der Waals surface area (Å²) in [6.45, 7) is 0. The van der Waals surface area contributed by atoms with Crippen LogP contribution in [0.25, 0.3) is 0 Å². The summed E-state index contributed by atoms with van der Waals surface area (Å²) in [6.07, 6.45) is 6.36. The van der Waals surface area contributed by atoms with E-state index in [0.717, 1.165) is 19.3 Å². The Kier molecular flexibility index (Phi) is 5.46. The van der Waals surface area contributed by atoms with Crippen LogP contribution in [-0.2, 0) is 14.4 Å². The average Bonchev–Trinajstić information content (AvgIpc) is 3.01. The van der Waals surface area contributed by atoms with Gasteiger partial charge < -0.3 is 10.4 Å². The summed E-state index contributed by atoms with van der Waals surface area (Å²) in [5.74, 6) is -2.32. The summed E-state index contributed by atoms with van der Waals surface area (Å²) < 4.78 is 0. The largest absolute Gasteiger partial charge is 0.481 e. The van der Waals surface area contributed by atoms with Gasteiger partial charge in [-0.25, -0.2) is 0 Å². The van der Waals surface area contributed by atoms with E-state index >= 15 is 0 Å². The van der Waals surface area contributed by atoms with Crippen molar-refractivity contribution in [1.82, 2.24) is 5.32 Å². The number of para-hydroxylation sites is 1. The van der Waals surface area contributed by atoms with E-state index in [9.17, 15) is 19.5 Å². The summed E-state index contributed by atoms with van der Waals surface area (Å²) in [5, 5.41) is 17.5. The lowest BCUT2D eigenvalue weighted by Gasteiger charge is -2.23. The first-order valence-electron chi connectivity index (χ1n) is 8.69. The molecule has 7 heteroatoms. The number of benzene rings is 1. The highest BCUT2D eigenvalue weighted by atomic mass is 16.4. The van der Waals surface area contributed by atoms with Crippen molar-refractivity contribution < 1.29 is 19.5 Å². The Balaban J connectivity index is 1.64. The first-order valence-corrected chi connectivity index (χ1v) is 8.69. The van der Waals surface area contributed by atoms with Crippen LogP contribution in [-0.4, -0.2) is 28.7 Å². The highest BCUT2D eigenvalue weighted by Gasteiger charge is 2.31. The summed E-state index contributed by atoms with van der Waals surface area (Å²) in [6, 6.07) is 8.93. The molecule has 2 N–H and O–H groups in total. The summed E-state index contributed by atoms with van der Waals surface area (Å²) in [5.41, 5.74) is 0.623. The van der Waals surface area contributed by atoms with Gasteiger partial charge in [0.05, 0.1) is 18.0 Å². The van der Waals surface area contributed by atoms with Crippen molar-refractivity contribution in [3.63, 3.8) is 0 Å². The van der Waals surface area contributed by atoms with Gasteiger partial charge >= 0.3 is 5.97 Å². The predicted octanol–water partition coefficient (Wildman–Crippen LogP) is 2.30. The molecule has 2 unspecified atom stereocenters. The van der Waals surface area contributed by atoms with Crippen molar-refractivity contribution in [3.8, 4) is 0 Å². The van der Waals surface area contributed by atoms with Gasteiger partial charge in [-0.2, -0.15) is 10.1 Å². The molecule has 0 bridgehead atoms. The quantitative estimate of drug-likeness (QED) is 0.792. The fourth-order valence-electron chi connectivity index (χ4n) is 3.28. The van der Waals surface area contributed by atoms with Gasteiger partial charge in [0, 0.05) is 6.42 Å². The van der Waals surface area contributed by atoms with Gasteiger partial charge in [0.25, 0.3) is 5.91 Å². The third kappa shape index (κ3) is 4.17.